The second kappa shape index (κ2) is 6.49. The molecule has 3 aromatic rings. The van der Waals surface area contributed by atoms with E-state index in [0.717, 1.165) is 42.5 Å². The summed E-state index contributed by atoms with van der Waals surface area (Å²) in [4.78, 5) is 4.44. The second-order valence-corrected chi connectivity index (χ2v) is 6.01. The van der Waals surface area contributed by atoms with Crippen LogP contribution in [0.4, 0.5) is 0 Å². The number of aryl methyl sites for hydroxylation is 2. The lowest BCUT2D eigenvalue weighted by atomic mass is 10.1. The van der Waals surface area contributed by atoms with Crippen LogP contribution in [-0.2, 0) is 19.5 Å². The quantitative estimate of drug-likeness (QED) is 0.781. The monoisotopic (exact) mass is 324 g/mol. The minimum Gasteiger partial charge on any atom is -0.429 e. The van der Waals surface area contributed by atoms with E-state index in [2.05, 4.69) is 15.4 Å². The number of rotatable bonds is 5. The molecule has 1 aliphatic rings. The van der Waals surface area contributed by atoms with Crippen molar-refractivity contribution in [3.05, 3.63) is 59.9 Å². The van der Waals surface area contributed by atoms with Crippen molar-refractivity contribution in [2.24, 2.45) is 0 Å². The van der Waals surface area contributed by atoms with Crippen molar-refractivity contribution in [2.75, 3.05) is 0 Å². The van der Waals surface area contributed by atoms with Crippen LogP contribution >= 0.6 is 0 Å². The zero-order valence-corrected chi connectivity index (χ0v) is 13.6. The molecule has 0 aliphatic carbocycles. The fraction of sp³-hybridized carbons (Fsp3) is 0.333. The van der Waals surface area contributed by atoms with Crippen LogP contribution in [0.5, 0.6) is 11.7 Å². The molecule has 0 radical (unpaired) electrons. The number of nitrogens with one attached hydrogen (secondary N) is 1. The molecule has 6 heteroatoms. The minimum atomic E-state index is 0.377. The van der Waals surface area contributed by atoms with Crippen LogP contribution < -0.4 is 10.1 Å². The van der Waals surface area contributed by atoms with Gasteiger partial charge >= 0.3 is 0 Å². The lowest BCUT2D eigenvalue weighted by Crippen LogP contribution is -2.37. The first kappa shape index (κ1) is 15.0. The zero-order chi connectivity index (χ0) is 16.4. The normalized spacial score (nSPS) is 16.8. The van der Waals surface area contributed by atoms with Gasteiger partial charge in [-0.1, -0.05) is 18.2 Å². The van der Waals surface area contributed by atoms with Crippen molar-refractivity contribution in [3.8, 4) is 11.7 Å². The standard InChI is InChI=1S/C18H20N4O2/c1-13-20-17-9-7-14(12-22(17)21-13)19-11-16-8-10-18(24-16)23-15-5-3-2-4-6-15/h2-6,8,10,14,19H,7,9,11-12H2,1H3. The molecule has 0 spiro atoms. The molecule has 0 saturated carbocycles. The summed E-state index contributed by atoms with van der Waals surface area (Å²) in [6.07, 6.45) is 2.02. The van der Waals surface area contributed by atoms with E-state index in [1.54, 1.807) is 0 Å². The van der Waals surface area contributed by atoms with E-state index in [1.807, 2.05) is 54.1 Å². The number of hydrogen-bond acceptors (Lipinski definition) is 5. The summed E-state index contributed by atoms with van der Waals surface area (Å²) in [7, 11) is 0. The minimum absolute atomic E-state index is 0.377. The van der Waals surface area contributed by atoms with Gasteiger partial charge in [0.1, 0.15) is 23.2 Å². The van der Waals surface area contributed by atoms with Crippen LogP contribution in [-0.4, -0.2) is 20.8 Å². The molecule has 1 aliphatic heterocycles. The molecule has 1 atom stereocenters. The number of aromatic nitrogens is 3. The van der Waals surface area contributed by atoms with Gasteiger partial charge < -0.3 is 14.5 Å². The predicted octanol–water partition coefficient (Wildman–Crippen LogP) is 3.08. The Balaban J connectivity index is 1.32. The summed E-state index contributed by atoms with van der Waals surface area (Å²) in [6.45, 7) is 3.46. The van der Waals surface area contributed by atoms with Gasteiger partial charge in [-0.15, -0.1) is 0 Å². The number of benzene rings is 1. The predicted molar refractivity (Wildman–Crippen MR) is 88.9 cm³/mol. The van der Waals surface area contributed by atoms with Gasteiger partial charge in [-0.25, -0.2) is 9.67 Å². The maximum Gasteiger partial charge on any atom is 0.290 e. The number of nitrogens with zero attached hydrogens (tertiary/aromatic N) is 3. The topological polar surface area (TPSA) is 65.1 Å². The van der Waals surface area contributed by atoms with Gasteiger partial charge in [-0.05, 0) is 31.5 Å². The smallest absolute Gasteiger partial charge is 0.290 e. The molecule has 1 N–H and O–H groups in total. The Morgan fingerprint density at radius 1 is 1.25 bits per heavy atom. The molecule has 6 nitrogen and oxygen atoms in total. The van der Waals surface area contributed by atoms with Gasteiger partial charge in [-0.3, -0.25) is 0 Å². The van der Waals surface area contributed by atoms with Crippen molar-refractivity contribution in [1.29, 1.82) is 0 Å². The number of furan rings is 1. The van der Waals surface area contributed by atoms with Crippen LogP contribution in [0.3, 0.4) is 0 Å². The Morgan fingerprint density at radius 2 is 2.12 bits per heavy atom. The molecule has 124 valence electrons. The molecule has 0 bridgehead atoms. The van der Waals surface area contributed by atoms with Gasteiger partial charge in [0.05, 0.1) is 13.1 Å². The van der Waals surface area contributed by atoms with E-state index in [1.165, 1.54) is 0 Å². The highest BCUT2D eigenvalue weighted by atomic mass is 16.6. The summed E-state index contributed by atoms with van der Waals surface area (Å²) in [5.74, 6) is 4.08. The van der Waals surface area contributed by atoms with Crippen molar-refractivity contribution < 1.29 is 9.15 Å². The maximum absolute atomic E-state index is 5.73. The first-order valence-electron chi connectivity index (χ1n) is 8.21. The highest BCUT2D eigenvalue weighted by molar-refractivity contribution is 5.26. The molecule has 4 rings (SSSR count). The third-order valence-electron chi connectivity index (χ3n) is 4.13. The number of hydrogen-bond donors (Lipinski definition) is 1. The zero-order valence-electron chi connectivity index (χ0n) is 13.6. The van der Waals surface area contributed by atoms with Gasteiger partial charge in [0.2, 0.25) is 0 Å². The van der Waals surface area contributed by atoms with Crippen molar-refractivity contribution in [1.82, 2.24) is 20.1 Å². The molecular weight excluding hydrogens is 304 g/mol. The SMILES string of the molecule is Cc1nc2n(n1)CC(NCc1ccc(Oc3ccccc3)o1)CC2. The van der Waals surface area contributed by atoms with Crippen molar-refractivity contribution in [2.45, 2.75) is 38.9 Å². The van der Waals surface area contributed by atoms with Crippen LogP contribution in [0.2, 0.25) is 0 Å². The van der Waals surface area contributed by atoms with Crippen molar-refractivity contribution in [3.63, 3.8) is 0 Å². The second-order valence-electron chi connectivity index (χ2n) is 6.01. The van der Waals surface area contributed by atoms with Gasteiger partial charge in [0.25, 0.3) is 5.95 Å². The summed E-state index contributed by atoms with van der Waals surface area (Å²) in [6, 6.07) is 13.8. The molecule has 1 unspecified atom stereocenters. The average Bonchev–Trinajstić information content (AvgIpc) is 3.18. The van der Waals surface area contributed by atoms with E-state index in [-0.39, 0.29) is 0 Å². The first-order valence-corrected chi connectivity index (χ1v) is 8.21. The van der Waals surface area contributed by atoms with E-state index >= 15 is 0 Å². The van der Waals surface area contributed by atoms with Crippen molar-refractivity contribution >= 4 is 0 Å². The average molecular weight is 324 g/mol. The lowest BCUT2D eigenvalue weighted by molar-refractivity contribution is 0.311. The highest BCUT2D eigenvalue weighted by Crippen LogP contribution is 2.23. The summed E-state index contributed by atoms with van der Waals surface area (Å²) < 4.78 is 13.4. The van der Waals surface area contributed by atoms with Crippen LogP contribution in [0.25, 0.3) is 0 Å². The molecule has 0 saturated heterocycles. The largest absolute Gasteiger partial charge is 0.429 e. The number of para-hydroxylation sites is 1. The Bertz CT molecular complexity index is 810. The molecule has 3 heterocycles. The van der Waals surface area contributed by atoms with Gasteiger partial charge in [0.15, 0.2) is 0 Å². The van der Waals surface area contributed by atoms with E-state index in [4.69, 9.17) is 9.15 Å². The van der Waals surface area contributed by atoms with E-state index < -0.39 is 0 Å². The van der Waals surface area contributed by atoms with Gasteiger partial charge in [0, 0.05) is 18.5 Å². The Labute approximate surface area is 140 Å². The fourth-order valence-electron chi connectivity index (χ4n) is 2.96. The fourth-order valence-corrected chi connectivity index (χ4v) is 2.96. The number of fused-ring (bicyclic) bond motifs is 1. The Hall–Kier alpha value is -2.60. The first-order chi connectivity index (χ1) is 11.8. The third kappa shape index (κ3) is 3.33. The lowest BCUT2D eigenvalue weighted by Gasteiger charge is -2.23. The molecule has 1 aromatic carbocycles. The molecule has 0 amide bonds. The third-order valence-corrected chi connectivity index (χ3v) is 4.13. The summed E-state index contributed by atoms with van der Waals surface area (Å²) in [5, 5.41) is 7.96. The van der Waals surface area contributed by atoms with Crippen LogP contribution in [0.15, 0.2) is 46.9 Å². The van der Waals surface area contributed by atoms with E-state index in [9.17, 15) is 0 Å². The highest BCUT2D eigenvalue weighted by Gasteiger charge is 2.20. The molecule has 24 heavy (non-hydrogen) atoms. The molecule has 2 aromatic heterocycles. The number of ether oxygens (including phenoxy) is 1. The van der Waals surface area contributed by atoms with Crippen LogP contribution in [0, 0.1) is 6.92 Å². The van der Waals surface area contributed by atoms with E-state index in [0.29, 0.717) is 18.5 Å². The summed E-state index contributed by atoms with van der Waals surface area (Å²) in [5.41, 5.74) is 0. The Morgan fingerprint density at radius 3 is 3.00 bits per heavy atom. The molecule has 0 fully saturated rings. The molecular formula is C18H20N4O2. The van der Waals surface area contributed by atoms with Gasteiger partial charge in [-0.2, -0.15) is 5.10 Å². The van der Waals surface area contributed by atoms with Crippen LogP contribution in [0.1, 0.15) is 23.8 Å². The Kier molecular flexibility index (Phi) is 4.04. The summed E-state index contributed by atoms with van der Waals surface area (Å²) >= 11 is 0. The maximum atomic E-state index is 5.73.